The van der Waals surface area contributed by atoms with Gasteiger partial charge in [-0.3, -0.25) is 4.90 Å². The Morgan fingerprint density at radius 1 is 1.15 bits per heavy atom. The van der Waals surface area contributed by atoms with E-state index in [1.54, 1.807) is 0 Å². The van der Waals surface area contributed by atoms with Gasteiger partial charge in [0, 0.05) is 16.6 Å². The van der Waals surface area contributed by atoms with Gasteiger partial charge in [-0.25, -0.2) is 0 Å². The smallest absolute Gasteiger partial charge is 0.241 e. The van der Waals surface area contributed by atoms with Crippen molar-refractivity contribution < 1.29 is 14.0 Å². The maximum Gasteiger partial charge on any atom is 0.241 e. The molecule has 0 aliphatic carbocycles. The predicted octanol–water partition coefficient (Wildman–Crippen LogP) is 4.16. The first-order valence-corrected chi connectivity index (χ1v) is 9.70. The summed E-state index contributed by atoms with van der Waals surface area (Å²) < 4.78 is 18.3. The van der Waals surface area contributed by atoms with E-state index in [0.717, 1.165) is 34.6 Å². The third-order valence-corrected chi connectivity index (χ3v) is 4.88. The predicted molar refractivity (Wildman–Crippen MR) is 105 cm³/mol. The zero-order chi connectivity index (χ0) is 18.6. The van der Waals surface area contributed by atoms with Crippen LogP contribution in [0.1, 0.15) is 12.8 Å². The van der Waals surface area contributed by atoms with E-state index in [1.165, 1.54) is 0 Å². The molecule has 0 saturated carbocycles. The number of aromatic nitrogens is 2. The second kappa shape index (κ2) is 8.10. The van der Waals surface area contributed by atoms with Crippen LogP contribution in [0.25, 0.3) is 11.4 Å². The molecule has 1 aromatic heterocycles. The summed E-state index contributed by atoms with van der Waals surface area (Å²) in [4.78, 5) is 6.73. The van der Waals surface area contributed by atoms with Crippen LogP contribution in [0.2, 0.25) is 0 Å². The molecular weight excluding hydrogens is 410 g/mol. The van der Waals surface area contributed by atoms with E-state index in [0.29, 0.717) is 24.9 Å². The summed E-state index contributed by atoms with van der Waals surface area (Å²) >= 11 is 3.46. The Hall–Kier alpha value is -2.38. The molecule has 0 N–H and O–H groups in total. The molecule has 0 amide bonds. The van der Waals surface area contributed by atoms with Crippen molar-refractivity contribution in [2.24, 2.45) is 0 Å². The highest BCUT2D eigenvalue weighted by molar-refractivity contribution is 9.10. The highest BCUT2D eigenvalue weighted by Crippen LogP contribution is 2.31. The summed E-state index contributed by atoms with van der Waals surface area (Å²) in [6.45, 7) is 4.76. The topological polar surface area (TPSA) is 60.6 Å². The second-order valence-electron chi connectivity index (χ2n) is 6.35. The zero-order valence-corrected chi connectivity index (χ0v) is 16.6. The first-order chi connectivity index (χ1) is 13.2. The van der Waals surface area contributed by atoms with E-state index in [-0.39, 0.29) is 6.10 Å². The monoisotopic (exact) mass is 429 g/mol. The van der Waals surface area contributed by atoms with Crippen molar-refractivity contribution in [2.45, 2.75) is 19.6 Å². The van der Waals surface area contributed by atoms with Gasteiger partial charge in [0.15, 0.2) is 11.5 Å². The van der Waals surface area contributed by atoms with Crippen LogP contribution in [-0.4, -0.2) is 40.8 Å². The molecule has 0 spiro atoms. The average molecular weight is 430 g/mol. The molecule has 2 aromatic carbocycles. The number of hydrogen-bond acceptors (Lipinski definition) is 6. The molecule has 1 unspecified atom stereocenters. The van der Waals surface area contributed by atoms with Crippen molar-refractivity contribution in [1.29, 1.82) is 0 Å². The van der Waals surface area contributed by atoms with E-state index >= 15 is 0 Å². The SMILES string of the molecule is CCN(Cc1nc(-c2cccc(Br)c2)no1)CC1COc2ccccc2O1. The molecular formula is C20H20BrN3O3. The van der Waals surface area contributed by atoms with Gasteiger partial charge < -0.3 is 14.0 Å². The quantitative estimate of drug-likeness (QED) is 0.586. The number of rotatable bonds is 6. The van der Waals surface area contributed by atoms with Gasteiger partial charge in [-0.15, -0.1) is 0 Å². The van der Waals surface area contributed by atoms with Gasteiger partial charge >= 0.3 is 0 Å². The van der Waals surface area contributed by atoms with Crippen LogP contribution in [0.15, 0.2) is 57.5 Å². The van der Waals surface area contributed by atoms with Gasteiger partial charge in [0.05, 0.1) is 6.54 Å². The van der Waals surface area contributed by atoms with Crippen LogP contribution in [0.5, 0.6) is 11.5 Å². The molecule has 6 nitrogen and oxygen atoms in total. The number of para-hydroxylation sites is 2. The van der Waals surface area contributed by atoms with Gasteiger partial charge in [0.25, 0.3) is 0 Å². The molecule has 1 aliphatic heterocycles. The summed E-state index contributed by atoms with van der Waals surface area (Å²) in [6.07, 6.45) is -0.0349. The summed E-state index contributed by atoms with van der Waals surface area (Å²) in [5.41, 5.74) is 0.919. The van der Waals surface area contributed by atoms with E-state index in [2.05, 4.69) is 37.9 Å². The van der Waals surface area contributed by atoms with Crippen LogP contribution >= 0.6 is 15.9 Å². The molecule has 1 aliphatic rings. The van der Waals surface area contributed by atoms with Gasteiger partial charge in [0.2, 0.25) is 11.7 Å². The Bertz CT molecular complexity index is 915. The molecule has 0 saturated heterocycles. The number of likely N-dealkylation sites (N-methyl/N-ethyl adjacent to an activating group) is 1. The van der Waals surface area contributed by atoms with Gasteiger partial charge in [-0.2, -0.15) is 4.98 Å². The number of benzene rings is 2. The fourth-order valence-electron chi connectivity index (χ4n) is 3.00. The lowest BCUT2D eigenvalue weighted by atomic mass is 10.2. The fourth-order valence-corrected chi connectivity index (χ4v) is 3.40. The van der Waals surface area contributed by atoms with E-state index < -0.39 is 0 Å². The molecule has 1 atom stereocenters. The lowest BCUT2D eigenvalue weighted by Gasteiger charge is -2.30. The normalized spacial score (nSPS) is 15.9. The highest BCUT2D eigenvalue weighted by Gasteiger charge is 2.23. The van der Waals surface area contributed by atoms with Crippen molar-refractivity contribution >= 4 is 15.9 Å². The highest BCUT2D eigenvalue weighted by atomic mass is 79.9. The van der Waals surface area contributed by atoms with Crippen molar-refractivity contribution in [3.63, 3.8) is 0 Å². The molecule has 4 rings (SSSR count). The lowest BCUT2D eigenvalue weighted by molar-refractivity contribution is 0.0551. The summed E-state index contributed by atoms with van der Waals surface area (Å²) in [6, 6.07) is 15.6. The molecule has 7 heteroatoms. The largest absolute Gasteiger partial charge is 0.486 e. The first-order valence-electron chi connectivity index (χ1n) is 8.90. The minimum absolute atomic E-state index is 0.0349. The Balaban J connectivity index is 1.40. The maximum atomic E-state index is 6.05. The van der Waals surface area contributed by atoms with Crippen molar-refractivity contribution in [2.75, 3.05) is 19.7 Å². The molecule has 0 fully saturated rings. The van der Waals surface area contributed by atoms with E-state index in [4.69, 9.17) is 14.0 Å². The van der Waals surface area contributed by atoms with Crippen molar-refractivity contribution in [1.82, 2.24) is 15.0 Å². The minimum atomic E-state index is -0.0349. The van der Waals surface area contributed by atoms with Crippen LogP contribution in [-0.2, 0) is 6.54 Å². The maximum absolute atomic E-state index is 6.05. The van der Waals surface area contributed by atoms with Crippen LogP contribution in [0, 0.1) is 0 Å². The van der Waals surface area contributed by atoms with Gasteiger partial charge in [-0.05, 0) is 30.8 Å². The minimum Gasteiger partial charge on any atom is -0.486 e. The fraction of sp³-hybridized carbons (Fsp3) is 0.300. The Kier molecular flexibility index (Phi) is 5.40. The second-order valence-corrected chi connectivity index (χ2v) is 7.26. The molecule has 27 heavy (non-hydrogen) atoms. The number of ether oxygens (including phenoxy) is 2. The zero-order valence-electron chi connectivity index (χ0n) is 15.0. The third kappa shape index (κ3) is 4.31. The standard InChI is InChI=1S/C20H20BrN3O3/c1-2-24(11-16-13-25-17-8-3-4-9-18(17)26-16)12-19-22-20(23-27-19)14-6-5-7-15(21)10-14/h3-10,16H,2,11-13H2,1H3. The number of fused-ring (bicyclic) bond motifs is 1. The van der Waals surface area contributed by atoms with Crippen LogP contribution in [0.3, 0.4) is 0 Å². The summed E-state index contributed by atoms with van der Waals surface area (Å²) in [5.74, 6) is 2.77. The molecule has 3 aromatic rings. The van der Waals surface area contributed by atoms with Gasteiger partial charge in [0.1, 0.15) is 12.7 Å². The Labute approximate surface area is 166 Å². The van der Waals surface area contributed by atoms with Crippen molar-refractivity contribution in [3.05, 3.63) is 58.9 Å². The first kappa shape index (κ1) is 18.0. The Morgan fingerprint density at radius 3 is 2.81 bits per heavy atom. The summed E-state index contributed by atoms with van der Waals surface area (Å²) in [7, 11) is 0. The molecule has 0 bridgehead atoms. The molecule has 2 heterocycles. The van der Waals surface area contributed by atoms with Crippen LogP contribution < -0.4 is 9.47 Å². The Morgan fingerprint density at radius 2 is 2.00 bits per heavy atom. The number of nitrogens with zero attached hydrogens (tertiary/aromatic N) is 3. The van der Waals surface area contributed by atoms with Gasteiger partial charge in [-0.1, -0.05) is 52.3 Å². The van der Waals surface area contributed by atoms with E-state index in [1.807, 2.05) is 48.5 Å². The number of halogens is 1. The molecule has 0 radical (unpaired) electrons. The van der Waals surface area contributed by atoms with Crippen molar-refractivity contribution in [3.8, 4) is 22.9 Å². The lowest BCUT2D eigenvalue weighted by Crippen LogP contribution is -2.40. The third-order valence-electron chi connectivity index (χ3n) is 4.39. The van der Waals surface area contributed by atoms with Crippen LogP contribution in [0.4, 0.5) is 0 Å². The van der Waals surface area contributed by atoms with E-state index in [9.17, 15) is 0 Å². The average Bonchev–Trinajstić information content (AvgIpc) is 3.16. The molecule has 140 valence electrons. The summed E-state index contributed by atoms with van der Waals surface area (Å²) in [5, 5.41) is 4.10. The number of hydrogen-bond donors (Lipinski definition) is 0.